The van der Waals surface area contributed by atoms with Crippen molar-refractivity contribution in [3.63, 3.8) is 0 Å². The van der Waals surface area contributed by atoms with Gasteiger partial charge in [-0.2, -0.15) is 5.11 Å². The van der Waals surface area contributed by atoms with Gasteiger partial charge < -0.3 is 25.5 Å². The molecule has 0 atom stereocenters. The van der Waals surface area contributed by atoms with Gasteiger partial charge in [-0.15, -0.1) is 0 Å². The molecule has 0 spiro atoms. The third-order valence-corrected chi connectivity index (χ3v) is 7.97. The second-order valence-corrected chi connectivity index (χ2v) is 11.7. The Balaban J connectivity index is 1.18. The Morgan fingerprint density at radius 3 is 2.47 bits per heavy atom. The minimum Gasteiger partial charge on any atom is -0.389 e. The molecule has 0 saturated heterocycles. The third kappa shape index (κ3) is 9.59. The second-order valence-electron chi connectivity index (χ2n) is 11.2. The summed E-state index contributed by atoms with van der Waals surface area (Å²) in [6.45, 7) is 3.46. The number of aromatic nitrogens is 2. The molecule has 49 heavy (non-hydrogen) atoms. The summed E-state index contributed by atoms with van der Waals surface area (Å²) in [6, 6.07) is 16.2. The third-order valence-electron chi connectivity index (χ3n) is 7.74. The second kappa shape index (κ2) is 18.0. The molecule has 0 unspecified atom stereocenters. The molecule has 1 aliphatic rings. The number of carbonyl (C=O) groups is 1. The highest BCUT2D eigenvalue weighted by Gasteiger charge is 2.25. The number of carbonyl (C=O) groups excluding carboxylic acids is 1. The molecular weight excluding hydrogens is 650 g/mol. The highest BCUT2D eigenvalue weighted by molar-refractivity contribution is 6.31. The smallest absolute Gasteiger partial charge is 0.227 e. The number of hydrogen-bond acceptors (Lipinski definition) is 10. The minimum absolute atomic E-state index is 0.121. The van der Waals surface area contributed by atoms with Gasteiger partial charge in [0, 0.05) is 65.1 Å². The van der Waals surface area contributed by atoms with Crippen molar-refractivity contribution < 1.29 is 18.3 Å². The van der Waals surface area contributed by atoms with Crippen molar-refractivity contribution in [3.8, 4) is 11.3 Å². The first-order valence-electron chi connectivity index (χ1n) is 16.0. The summed E-state index contributed by atoms with van der Waals surface area (Å²) in [7, 11) is 0. The van der Waals surface area contributed by atoms with Crippen molar-refractivity contribution in [2.45, 2.75) is 32.2 Å². The van der Waals surface area contributed by atoms with Crippen LogP contribution < -0.4 is 16.0 Å². The first-order chi connectivity index (χ1) is 24.0. The summed E-state index contributed by atoms with van der Waals surface area (Å²) in [5.74, 6) is -1.11. The standard InChI is InChI=1S/C36H37ClF2N8O2/c37-26-10-13-28-29(20-26)35(33-30(38)6-5-7-31(33)39)43-21-25-22-44-36(46-34(25)28)45-27-11-8-24(9-12-27)32(47-40)23-42-15-2-4-19-49-18-3-1-14-41-16-17-48/h5-13,17,20,22-23,40-42H,1-4,14-16,18-19,21H2,(H,44,45,46)/b32-23-,47-40?. The summed E-state index contributed by atoms with van der Waals surface area (Å²) in [5.41, 5.74) is 11.9. The fraction of sp³-hybridized carbons (Fsp3) is 0.278. The topological polar surface area (TPSA) is 137 Å². The molecular formula is C36H37ClF2N8O2. The Bertz CT molecular complexity index is 1800. The average molecular weight is 687 g/mol. The fourth-order valence-corrected chi connectivity index (χ4v) is 5.44. The Morgan fingerprint density at radius 1 is 0.980 bits per heavy atom. The molecule has 4 N–H and O–H groups in total. The Kier molecular flexibility index (Phi) is 13.0. The molecule has 0 saturated carbocycles. The summed E-state index contributed by atoms with van der Waals surface area (Å²) in [5, 5.41) is 13.5. The number of aldehydes is 1. The molecule has 4 aromatic rings. The largest absolute Gasteiger partial charge is 0.389 e. The van der Waals surface area contributed by atoms with Crippen molar-refractivity contribution in [2.75, 3.05) is 38.2 Å². The van der Waals surface area contributed by atoms with Crippen LogP contribution in [-0.2, 0) is 16.1 Å². The fourth-order valence-electron chi connectivity index (χ4n) is 5.27. The van der Waals surface area contributed by atoms with E-state index in [-0.39, 0.29) is 17.8 Å². The maximum atomic E-state index is 14.9. The zero-order valence-corrected chi connectivity index (χ0v) is 27.6. The van der Waals surface area contributed by atoms with Crippen molar-refractivity contribution >= 4 is 40.9 Å². The van der Waals surface area contributed by atoms with Crippen LogP contribution in [0.3, 0.4) is 0 Å². The Labute approximate surface area is 288 Å². The number of hydrogen-bond donors (Lipinski definition) is 4. The maximum Gasteiger partial charge on any atom is 0.227 e. The molecule has 1 aromatic heterocycles. The Morgan fingerprint density at radius 2 is 1.73 bits per heavy atom. The molecule has 10 nitrogen and oxygen atoms in total. The zero-order valence-electron chi connectivity index (χ0n) is 26.8. The molecule has 5 rings (SSSR count). The van der Waals surface area contributed by atoms with Crippen LogP contribution in [0.25, 0.3) is 17.0 Å². The van der Waals surface area contributed by atoms with Crippen molar-refractivity contribution in [2.24, 2.45) is 10.1 Å². The number of benzene rings is 3. The highest BCUT2D eigenvalue weighted by atomic mass is 35.5. The number of ether oxygens (including phenoxy) is 1. The molecule has 13 heteroatoms. The first-order valence-corrected chi connectivity index (χ1v) is 16.4. The van der Waals surface area contributed by atoms with Gasteiger partial charge in [0.2, 0.25) is 5.95 Å². The number of anilines is 2. The van der Waals surface area contributed by atoms with Gasteiger partial charge in [-0.05, 0) is 68.6 Å². The van der Waals surface area contributed by atoms with Crippen LogP contribution in [-0.4, -0.2) is 54.8 Å². The maximum absolute atomic E-state index is 14.9. The number of rotatable bonds is 18. The van der Waals surface area contributed by atoms with E-state index in [4.69, 9.17) is 26.9 Å². The van der Waals surface area contributed by atoms with E-state index in [1.165, 1.54) is 18.2 Å². The van der Waals surface area contributed by atoms with Gasteiger partial charge in [0.15, 0.2) is 0 Å². The van der Waals surface area contributed by atoms with E-state index in [9.17, 15) is 13.6 Å². The molecule has 254 valence electrons. The number of halogens is 3. The number of fused-ring (bicyclic) bond motifs is 3. The van der Waals surface area contributed by atoms with Crippen LogP contribution in [0.1, 0.15) is 47.9 Å². The lowest BCUT2D eigenvalue weighted by atomic mass is 9.95. The normalized spacial score (nSPS) is 12.4. The molecule has 0 amide bonds. The summed E-state index contributed by atoms with van der Waals surface area (Å²) >= 11 is 6.33. The zero-order chi connectivity index (χ0) is 34.4. The van der Waals surface area contributed by atoms with Gasteiger partial charge >= 0.3 is 0 Å². The van der Waals surface area contributed by atoms with Gasteiger partial charge in [0.25, 0.3) is 0 Å². The molecule has 0 radical (unpaired) electrons. The van der Waals surface area contributed by atoms with Gasteiger partial charge in [-0.3, -0.25) is 4.99 Å². The van der Waals surface area contributed by atoms with Gasteiger partial charge in [0.05, 0.1) is 30.1 Å². The molecule has 2 heterocycles. The number of nitrogens with zero attached hydrogens (tertiary/aromatic N) is 4. The minimum atomic E-state index is -0.717. The predicted octanol–water partition coefficient (Wildman–Crippen LogP) is 7.45. The lowest BCUT2D eigenvalue weighted by molar-refractivity contribution is -0.107. The van der Waals surface area contributed by atoms with Crippen LogP contribution in [0.15, 0.2) is 83.2 Å². The van der Waals surface area contributed by atoms with Crippen LogP contribution in [0, 0.1) is 17.2 Å². The van der Waals surface area contributed by atoms with E-state index in [1.54, 1.807) is 30.6 Å². The van der Waals surface area contributed by atoms with Crippen LogP contribution in [0.2, 0.25) is 5.02 Å². The van der Waals surface area contributed by atoms with Gasteiger partial charge in [-0.1, -0.05) is 35.9 Å². The predicted molar refractivity (Wildman–Crippen MR) is 187 cm³/mol. The lowest BCUT2D eigenvalue weighted by Gasteiger charge is -2.13. The van der Waals surface area contributed by atoms with Crippen LogP contribution in [0.5, 0.6) is 0 Å². The highest BCUT2D eigenvalue weighted by Crippen LogP contribution is 2.35. The van der Waals surface area contributed by atoms with Crippen molar-refractivity contribution in [1.82, 2.24) is 20.6 Å². The van der Waals surface area contributed by atoms with Crippen molar-refractivity contribution in [1.29, 1.82) is 5.53 Å². The van der Waals surface area contributed by atoms with Gasteiger partial charge in [0.1, 0.15) is 23.6 Å². The summed E-state index contributed by atoms with van der Waals surface area (Å²) in [6.07, 6.45) is 8.00. The van der Waals surface area contributed by atoms with E-state index in [0.717, 1.165) is 50.6 Å². The molecule has 1 aliphatic heterocycles. The summed E-state index contributed by atoms with van der Waals surface area (Å²) in [4.78, 5) is 24.1. The number of unbranched alkanes of at least 4 members (excludes halogenated alkanes) is 2. The van der Waals surface area contributed by atoms with E-state index >= 15 is 0 Å². The van der Waals surface area contributed by atoms with Crippen LogP contribution >= 0.6 is 11.6 Å². The van der Waals surface area contributed by atoms with E-state index in [2.05, 4.69) is 31.0 Å². The Hall–Kier alpha value is -4.91. The van der Waals surface area contributed by atoms with Gasteiger partial charge in [-0.25, -0.2) is 24.3 Å². The first kappa shape index (κ1) is 35.4. The molecule has 0 bridgehead atoms. The van der Waals surface area contributed by atoms with E-state index in [0.29, 0.717) is 64.5 Å². The van der Waals surface area contributed by atoms with E-state index in [1.807, 2.05) is 24.3 Å². The molecule has 3 aromatic carbocycles. The van der Waals surface area contributed by atoms with Crippen molar-refractivity contribution in [3.05, 3.63) is 112 Å². The number of nitrogens with one attached hydrogen (secondary N) is 4. The average Bonchev–Trinajstić information content (AvgIpc) is 3.25. The van der Waals surface area contributed by atoms with E-state index < -0.39 is 11.6 Å². The lowest BCUT2D eigenvalue weighted by Crippen LogP contribution is -2.17. The molecule has 0 aliphatic carbocycles. The summed E-state index contributed by atoms with van der Waals surface area (Å²) < 4.78 is 35.4. The monoisotopic (exact) mass is 686 g/mol. The molecule has 0 fully saturated rings. The van der Waals surface area contributed by atoms with Crippen LogP contribution in [0.4, 0.5) is 20.4 Å². The SMILES string of the molecule is N=N/C(=C\NCCCCOCCCCNCC=O)c1ccc(Nc2ncc3c(n2)-c2ccc(Cl)cc2C(c2c(F)cccc2F)=NC3)cc1. The quantitative estimate of drug-likeness (QED) is 0.0485. The number of aliphatic imine (C=N–C) groups is 1.